The van der Waals surface area contributed by atoms with Gasteiger partial charge in [0.2, 0.25) is 0 Å². The second-order valence-electron chi connectivity index (χ2n) is 6.45. The number of aryl methyl sites for hydroxylation is 1. The van der Waals surface area contributed by atoms with Gasteiger partial charge in [-0.25, -0.2) is 0 Å². The molecule has 0 atom stereocenters. The minimum Gasteiger partial charge on any atom is -0.492 e. The highest BCUT2D eigenvalue weighted by Gasteiger charge is 1.98. The van der Waals surface area contributed by atoms with Gasteiger partial charge in [0.05, 0.1) is 0 Å². The van der Waals surface area contributed by atoms with Gasteiger partial charge in [0.25, 0.3) is 0 Å². The van der Waals surface area contributed by atoms with E-state index in [2.05, 4.69) is 60.7 Å². The van der Waals surface area contributed by atoms with Gasteiger partial charge in [-0.15, -0.1) is 0 Å². The van der Waals surface area contributed by atoms with Crippen molar-refractivity contribution in [1.82, 2.24) is 5.32 Å². The first kappa shape index (κ1) is 19.3. The van der Waals surface area contributed by atoms with E-state index in [-0.39, 0.29) is 0 Å². The zero-order chi connectivity index (χ0) is 17.9. The molecule has 2 aromatic rings. The molecular weight excluding hydrogens is 310 g/mol. The quantitative estimate of drug-likeness (QED) is 0.617. The maximum absolute atomic E-state index is 5.49. The number of anilines is 1. The Balaban J connectivity index is 1.58. The number of hydrogen-bond donors (Lipinski definition) is 2. The van der Waals surface area contributed by atoms with Crippen LogP contribution in [0.2, 0.25) is 0 Å². The molecule has 0 aromatic heterocycles. The molecule has 2 rings (SSSR count). The third kappa shape index (κ3) is 7.16. The highest BCUT2D eigenvalue weighted by atomic mass is 16.5. The number of nitrogens with zero attached hydrogens (tertiary/aromatic N) is 1. The maximum Gasteiger partial charge on any atom is 0.119 e. The second kappa shape index (κ2) is 10.7. The highest BCUT2D eigenvalue weighted by Crippen LogP contribution is 2.13. The van der Waals surface area contributed by atoms with E-state index in [0.717, 1.165) is 38.1 Å². The van der Waals surface area contributed by atoms with Crippen LogP contribution in [0.5, 0.6) is 5.75 Å². The fraction of sp³-hybridized carbons (Fsp3) is 0.429. The Hall–Kier alpha value is -2.04. The molecule has 0 fully saturated rings. The van der Waals surface area contributed by atoms with Crippen molar-refractivity contribution in [2.75, 3.05) is 45.2 Å². The molecule has 0 saturated carbocycles. The maximum atomic E-state index is 5.49. The zero-order valence-corrected chi connectivity index (χ0v) is 15.5. The number of benzene rings is 2. The summed E-state index contributed by atoms with van der Waals surface area (Å²) in [5.41, 5.74) is 9.41. The molecule has 0 radical (unpaired) electrons. The summed E-state index contributed by atoms with van der Waals surface area (Å²) in [6.45, 7) is 3.17. The number of rotatable bonds is 11. The molecule has 4 heteroatoms. The smallest absolute Gasteiger partial charge is 0.119 e. The van der Waals surface area contributed by atoms with Crippen molar-refractivity contribution in [3.63, 3.8) is 0 Å². The van der Waals surface area contributed by atoms with Crippen molar-refractivity contribution in [2.24, 2.45) is 5.73 Å². The van der Waals surface area contributed by atoms with Gasteiger partial charge in [-0.2, -0.15) is 0 Å². The lowest BCUT2D eigenvalue weighted by Crippen LogP contribution is -2.19. The summed E-state index contributed by atoms with van der Waals surface area (Å²) < 4.78 is 5.49. The molecule has 0 aliphatic carbocycles. The molecule has 0 spiro atoms. The molecule has 0 bridgehead atoms. The Labute approximate surface area is 152 Å². The zero-order valence-electron chi connectivity index (χ0n) is 15.5. The van der Waals surface area contributed by atoms with Crippen LogP contribution in [0.4, 0.5) is 5.69 Å². The summed E-state index contributed by atoms with van der Waals surface area (Å²) in [6, 6.07) is 17.1. The number of nitrogens with one attached hydrogen (secondary N) is 1. The van der Waals surface area contributed by atoms with Crippen molar-refractivity contribution in [3.8, 4) is 5.75 Å². The van der Waals surface area contributed by atoms with Crippen LogP contribution in [-0.4, -0.2) is 40.3 Å². The molecule has 0 unspecified atom stereocenters. The minimum absolute atomic E-state index is 0.547. The fourth-order valence-electron chi connectivity index (χ4n) is 2.67. The molecule has 0 saturated heterocycles. The summed E-state index contributed by atoms with van der Waals surface area (Å²) >= 11 is 0. The Morgan fingerprint density at radius 1 is 0.880 bits per heavy atom. The van der Waals surface area contributed by atoms with Crippen LogP contribution in [0.3, 0.4) is 0 Å². The van der Waals surface area contributed by atoms with Crippen LogP contribution in [0.25, 0.3) is 0 Å². The molecule has 2 aromatic carbocycles. The molecule has 4 nitrogen and oxygen atoms in total. The fourth-order valence-corrected chi connectivity index (χ4v) is 2.67. The minimum atomic E-state index is 0.547. The third-order valence-electron chi connectivity index (χ3n) is 4.17. The Bertz CT molecular complexity index is 594. The van der Waals surface area contributed by atoms with Crippen LogP contribution in [0.1, 0.15) is 17.5 Å². The monoisotopic (exact) mass is 341 g/mol. The lowest BCUT2D eigenvalue weighted by Gasteiger charge is -2.12. The van der Waals surface area contributed by atoms with E-state index >= 15 is 0 Å². The largest absolute Gasteiger partial charge is 0.492 e. The molecule has 0 aliphatic rings. The van der Waals surface area contributed by atoms with Gasteiger partial charge in [-0.3, -0.25) is 0 Å². The van der Waals surface area contributed by atoms with E-state index in [1.165, 1.54) is 16.8 Å². The number of nitrogens with two attached hydrogens (primary N) is 1. The normalized spacial score (nSPS) is 10.7. The van der Waals surface area contributed by atoms with Gasteiger partial charge in [-0.1, -0.05) is 24.3 Å². The average molecular weight is 341 g/mol. The standard InChI is InChI=1S/C21H31N3O/c1-24(2)20-9-5-18(6-10-20)4-3-15-23-16-13-19-7-11-21(12-8-19)25-17-14-22/h5-12,23H,3-4,13-17,22H2,1-2H3. The third-order valence-corrected chi connectivity index (χ3v) is 4.17. The first-order valence-corrected chi connectivity index (χ1v) is 9.08. The van der Waals surface area contributed by atoms with Gasteiger partial charge < -0.3 is 20.7 Å². The number of ether oxygens (including phenoxy) is 1. The number of hydrogen-bond acceptors (Lipinski definition) is 4. The highest BCUT2D eigenvalue weighted by molar-refractivity contribution is 5.46. The van der Waals surface area contributed by atoms with Crippen molar-refractivity contribution >= 4 is 5.69 Å². The van der Waals surface area contributed by atoms with E-state index in [1.807, 2.05) is 12.1 Å². The first-order chi connectivity index (χ1) is 12.2. The van der Waals surface area contributed by atoms with Gasteiger partial charge >= 0.3 is 0 Å². The van der Waals surface area contributed by atoms with E-state index in [1.54, 1.807) is 0 Å². The van der Waals surface area contributed by atoms with Crippen LogP contribution in [0, 0.1) is 0 Å². The van der Waals surface area contributed by atoms with Crippen molar-refractivity contribution in [3.05, 3.63) is 59.7 Å². The van der Waals surface area contributed by atoms with E-state index in [9.17, 15) is 0 Å². The van der Waals surface area contributed by atoms with Crippen LogP contribution in [0.15, 0.2) is 48.5 Å². The van der Waals surface area contributed by atoms with Gasteiger partial charge in [0.15, 0.2) is 0 Å². The van der Waals surface area contributed by atoms with E-state index in [4.69, 9.17) is 10.5 Å². The predicted octanol–water partition coefficient (Wildman–Crippen LogP) is 2.86. The summed E-state index contributed by atoms with van der Waals surface area (Å²) in [5, 5.41) is 3.53. The topological polar surface area (TPSA) is 50.5 Å². The van der Waals surface area contributed by atoms with E-state index in [0.29, 0.717) is 13.2 Å². The molecule has 136 valence electrons. The molecule has 0 aliphatic heterocycles. The summed E-state index contributed by atoms with van der Waals surface area (Å²) in [4.78, 5) is 2.13. The SMILES string of the molecule is CN(C)c1ccc(CCCNCCc2ccc(OCCN)cc2)cc1. The molecule has 3 N–H and O–H groups in total. The Morgan fingerprint density at radius 2 is 1.52 bits per heavy atom. The molecule has 0 amide bonds. The van der Waals surface area contributed by atoms with Crippen molar-refractivity contribution < 1.29 is 4.74 Å². The summed E-state index contributed by atoms with van der Waals surface area (Å²) in [7, 11) is 4.14. The van der Waals surface area contributed by atoms with Crippen molar-refractivity contribution in [1.29, 1.82) is 0 Å². The van der Waals surface area contributed by atoms with Crippen LogP contribution >= 0.6 is 0 Å². The molecular formula is C21H31N3O. The first-order valence-electron chi connectivity index (χ1n) is 9.08. The summed E-state index contributed by atoms with van der Waals surface area (Å²) in [5.74, 6) is 0.891. The van der Waals surface area contributed by atoms with Crippen LogP contribution in [-0.2, 0) is 12.8 Å². The lowest BCUT2D eigenvalue weighted by molar-refractivity contribution is 0.328. The average Bonchev–Trinajstić information content (AvgIpc) is 2.64. The second-order valence-corrected chi connectivity index (χ2v) is 6.45. The van der Waals surface area contributed by atoms with Crippen LogP contribution < -0.4 is 20.7 Å². The Kier molecular flexibility index (Phi) is 8.29. The van der Waals surface area contributed by atoms with Gasteiger partial charge in [0.1, 0.15) is 12.4 Å². The van der Waals surface area contributed by atoms with E-state index < -0.39 is 0 Å². The van der Waals surface area contributed by atoms with Crippen molar-refractivity contribution in [2.45, 2.75) is 19.3 Å². The lowest BCUT2D eigenvalue weighted by atomic mass is 10.1. The molecule has 25 heavy (non-hydrogen) atoms. The van der Waals surface area contributed by atoms with Gasteiger partial charge in [0, 0.05) is 26.3 Å². The predicted molar refractivity (Wildman–Crippen MR) is 107 cm³/mol. The summed E-state index contributed by atoms with van der Waals surface area (Å²) in [6.07, 6.45) is 3.32. The molecule has 0 heterocycles. The van der Waals surface area contributed by atoms with Gasteiger partial charge in [-0.05, 0) is 67.7 Å². The Morgan fingerprint density at radius 3 is 2.16 bits per heavy atom.